The number of nitrogens with zero attached hydrogens (tertiary/aromatic N) is 1. The van der Waals surface area contributed by atoms with Gasteiger partial charge in [-0.25, -0.2) is 4.98 Å². The topological polar surface area (TPSA) is 71.1 Å². The smallest absolute Gasteiger partial charge is 0.267 e. The first-order valence-corrected chi connectivity index (χ1v) is 9.56. The molecule has 2 aromatic heterocycles. The molecule has 0 atom stereocenters. The molecule has 0 aliphatic carbocycles. The Morgan fingerprint density at radius 3 is 2.64 bits per heavy atom. The number of benzene rings is 1. The minimum absolute atomic E-state index is 0.0719. The van der Waals surface area contributed by atoms with Gasteiger partial charge >= 0.3 is 0 Å². The van der Waals surface area contributed by atoms with Crippen LogP contribution >= 0.6 is 22.7 Å². The first-order valence-electron chi connectivity index (χ1n) is 7.80. The third-order valence-corrected chi connectivity index (χ3v) is 5.11. The summed E-state index contributed by atoms with van der Waals surface area (Å²) >= 11 is 2.70. The van der Waals surface area contributed by atoms with E-state index in [4.69, 9.17) is 0 Å². The summed E-state index contributed by atoms with van der Waals surface area (Å²) in [6.45, 7) is 0.592. The fourth-order valence-corrected chi connectivity index (χ4v) is 3.55. The number of hydrogen-bond donors (Lipinski definition) is 2. The van der Waals surface area contributed by atoms with Crippen LogP contribution in [-0.2, 0) is 17.6 Å². The van der Waals surface area contributed by atoms with Gasteiger partial charge in [-0.2, -0.15) is 0 Å². The second-order valence-electron chi connectivity index (χ2n) is 5.34. The number of hydrogen-bond acceptors (Lipinski definition) is 5. The third kappa shape index (κ3) is 5.23. The molecule has 0 aliphatic rings. The van der Waals surface area contributed by atoms with E-state index in [1.54, 1.807) is 11.4 Å². The van der Waals surface area contributed by atoms with Gasteiger partial charge in [0.25, 0.3) is 5.91 Å². The lowest BCUT2D eigenvalue weighted by Gasteiger charge is -2.04. The molecule has 5 nitrogen and oxygen atoms in total. The van der Waals surface area contributed by atoms with E-state index in [2.05, 4.69) is 15.6 Å². The van der Waals surface area contributed by atoms with E-state index in [1.807, 2.05) is 41.8 Å². The summed E-state index contributed by atoms with van der Waals surface area (Å²) in [4.78, 5) is 28.9. The summed E-state index contributed by atoms with van der Waals surface area (Å²) < 4.78 is 0. The highest BCUT2D eigenvalue weighted by Gasteiger charge is 2.11. The van der Waals surface area contributed by atoms with Gasteiger partial charge in [0.05, 0.1) is 17.0 Å². The molecule has 0 saturated carbocycles. The molecule has 0 fully saturated rings. The number of thiophene rings is 1. The molecule has 7 heteroatoms. The highest BCUT2D eigenvalue weighted by atomic mass is 32.1. The van der Waals surface area contributed by atoms with Crippen LogP contribution in [0.4, 0.5) is 5.13 Å². The standard InChI is InChI=1S/C18H17N3O2S2/c22-16(19-9-8-13-5-2-1-3-6-13)11-14-12-25-18(20-14)21-17(23)15-7-4-10-24-15/h1-7,10,12H,8-9,11H2,(H,19,22)(H,20,21,23). The maximum Gasteiger partial charge on any atom is 0.267 e. The Hall–Kier alpha value is -2.51. The molecule has 128 valence electrons. The zero-order chi connectivity index (χ0) is 17.5. The van der Waals surface area contributed by atoms with Gasteiger partial charge in [0.2, 0.25) is 5.91 Å². The van der Waals surface area contributed by atoms with E-state index in [9.17, 15) is 9.59 Å². The van der Waals surface area contributed by atoms with E-state index in [0.717, 1.165) is 6.42 Å². The predicted octanol–water partition coefficient (Wildman–Crippen LogP) is 3.36. The van der Waals surface area contributed by atoms with Gasteiger partial charge < -0.3 is 5.32 Å². The molecule has 3 rings (SSSR count). The molecule has 0 radical (unpaired) electrons. The van der Waals surface area contributed by atoms with Crippen molar-refractivity contribution in [2.24, 2.45) is 0 Å². The number of anilines is 1. The molecule has 0 aliphatic heterocycles. The van der Waals surface area contributed by atoms with Crippen molar-refractivity contribution in [3.63, 3.8) is 0 Å². The van der Waals surface area contributed by atoms with Gasteiger partial charge in [-0.1, -0.05) is 36.4 Å². The maximum absolute atomic E-state index is 12.0. The lowest BCUT2D eigenvalue weighted by Crippen LogP contribution is -2.27. The normalized spacial score (nSPS) is 10.4. The van der Waals surface area contributed by atoms with E-state index < -0.39 is 0 Å². The third-order valence-electron chi connectivity index (χ3n) is 3.44. The summed E-state index contributed by atoms with van der Waals surface area (Å²) in [6, 6.07) is 13.6. The van der Waals surface area contributed by atoms with Gasteiger partial charge in [0.1, 0.15) is 0 Å². The molecule has 3 aromatic rings. The van der Waals surface area contributed by atoms with Gasteiger partial charge in [0.15, 0.2) is 5.13 Å². The van der Waals surface area contributed by atoms with Crippen LogP contribution in [-0.4, -0.2) is 23.3 Å². The Labute approximate surface area is 153 Å². The minimum atomic E-state index is -0.178. The number of carbonyl (C=O) groups excluding carboxylic acids is 2. The molecular weight excluding hydrogens is 354 g/mol. The Balaban J connectivity index is 1.44. The molecule has 0 saturated heterocycles. The van der Waals surface area contributed by atoms with Crippen LogP contribution in [0.15, 0.2) is 53.2 Å². The van der Waals surface area contributed by atoms with Gasteiger partial charge in [-0.05, 0) is 23.4 Å². The van der Waals surface area contributed by atoms with Crippen molar-refractivity contribution in [2.75, 3.05) is 11.9 Å². The van der Waals surface area contributed by atoms with Crippen LogP contribution in [0.1, 0.15) is 20.9 Å². The average Bonchev–Trinajstić information content (AvgIpc) is 3.28. The fourth-order valence-electron chi connectivity index (χ4n) is 2.23. The predicted molar refractivity (Wildman–Crippen MR) is 101 cm³/mol. The number of rotatable bonds is 7. The minimum Gasteiger partial charge on any atom is -0.355 e. The summed E-state index contributed by atoms with van der Waals surface area (Å²) in [5, 5.41) is 9.79. The van der Waals surface area contributed by atoms with Crippen molar-refractivity contribution in [1.29, 1.82) is 0 Å². The quantitative estimate of drug-likeness (QED) is 0.669. The Kier molecular flexibility index (Phi) is 5.92. The second-order valence-corrected chi connectivity index (χ2v) is 7.14. The van der Waals surface area contributed by atoms with E-state index in [1.165, 1.54) is 28.2 Å². The summed E-state index contributed by atoms with van der Waals surface area (Å²) in [6.07, 6.45) is 1.01. The number of thiazole rings is 1. The summed E-state index contributed by atoms with van der Waals surface area (Å²) in [7, 11) is 0. The number of amides is 2. The number of carbonyl (C=O) groups is 2. The number of aromatic nitrogens is 1. The number of nitrogens with one attached hydrogen (secondary N) is 2. The summed E-state index contributed by atoms with van der Waals surface area (Å²) in [5.74, 6) is -0.249. The molecule has 25 heavy (non-hydrogen) atoms. The van der Waals surface area contributed by atoms with Crippen LogP contribution in [0.25, 0.3) is 0 Å². The van der Waals surface area contributed by atoms with Crippen LogP contribution in [0.2, 0.25) is 0 Å². The Bertz CT molecular complexity index is 829. The zero-order valence-electron chi connectivity index (χ0n) is 13.4. The maximum atomic E-state index is 12.0. The Morgan fingerprint density at radius 2 is 1.88 bits per heavy atom. The highest BCUT2D eigenvalue weighted by molar-refractivity contribution is 7.14. The van der Waals surface area contributed by atoms with E-state index in [0.29, 0.717) is 22.2 Å². The molecule has 0 spiro atoms. The molecule has 2 amide bonds. The van der Waals surface area contributed by atoms with Crippen molar-refractivity contribution < 1.29 is 9.59 Å². The second kappa shape index (κ2) is 8.55. The van der Waals surface area contributed by atoms with Crippen molar-refractivity contribution in [2.45, 2.75) is 12.8 Å². The molecule has 0 unspecified atom stereocenters. The SMILES string of the molecule is O=C(Cc1csc(NC(=O)c2cccs2)n1)NCCc1ccccc1. The summed E-state index contributed by atoms with van der Waals surface area (Å²) in [5.41, 5.74) is 1.85. The lowest BCUT2D eigenvalue weighted by atomic mass is 10.1. The molecule has 2 N–H and O–H groups in total. The van der Waals surface area contributed by atoms with Crippen LogP contribution in [0.5, 0.6) is 0 Å². The van der Waals surface area contributed by atoms with Crippen molar-refractivity contribution in [1.82, 2.24) is 10.3 Å². The fraction of sp³-hybridized carbons (Fsp3) is 0.167. The van der Waals surface area contributed by atoms with Crippen LogP contribution in [0.3, 0.4) is 0 Å². The first-order chi connectivity index (χ1) is 12.2. The largest absolute Gasteiger partial charge is 0.355 e. The van der Waals surface area contributed by atoms with E-state index >= 15 is 0 Å². The lowest BCUT2D eigenvalue weighted by molar-refractivity contribution is -0.120. The van der Waals surface area contributed by atoms with Gasteiger partial charge in [0, 0.05) is 11.9 Å². The van der Waals surface area contributed by atoms with E-state index in [-0.39, 0.29) is 18.2 Å². The van der Waals surface area contributed by atoms with Gasteiger partial charge in [-0.15, -0.1) is 22.7 Å². The molecule has 1 aromatic carbocycles. The highest BCUT2D eigenvalue weighted by Crippen LogP contribution is 2.18. The molecule has 0 bridgehead atoms. The Morgan fingerprint density at radius 1 is 1.04 bits per heavy atom. The van der Waals surface area contributed by atoms with Crippen LogP contribution < -0.4 is 10.6 Å². The van der Waals surface area contributed by atoms with Crippen molar-refractivity contribution >= 4 is 39.6 Å². The first kappa shape index (κ1) is 17.3. The monoisotopic (exact) mass is 371 g/mol. The average molecular weight is 371 g/mol. The van der Waals surface area contributed by atoms with Crippen molar-refractivity contribution in [3.8, 4) is 0 Å². The zero-order valence-corrected chi connectivity index (χ0v) is 15.0. The van der Waals surface area contributed by atoms with Gasteiger partial charge in [-0.3, -0.25) is 14.9 Å². The van der Waals surface area contributed by atoms with Crippen molar-refractivity contribution in [3.05, 3.63) is 69.4 Å². The van der Waals surface area contributed by atoms with Crippen LogP contribution in [0, 0.1) is 0 Å². The molecule has 2 heterocycles. The molecular formula is C18H17N3O2S2.